The van der Waals surface area contributed by atoms with Crippen molar-refractivity contribution in [1.29, 1.82) is 0 Å². The fourth-order valence-electron chi connectivity index (χ4n) is 3.00. The van der Waals surface area contributed by atoms with Gasteiger partial charge in [0, 0.05) is 16.5 Å². The molecule has 1 N–H and O–H groups in total. The molecule has 0 aliphatic carbocycles. The van der Waals surface area contributed by atoms with Crippen molar-refractivity contribution in [3.05, 3.63) is 50.3 Å². The average molecular weight is 432 g/mol. The van der Waals surface area contributed by atoms with Gasteiger partial charge in [0.25, 0.3) is 5.91 Å². The minimum Gasteiger partial charge on any atom is -0.495 e. The van der Waals surface area contributed by atoms with Gasteiger partial charge in [-0.1, -0.05) is 11.6 Å². The number of thiophene rings is 1. The Morgan fingerprint density at radius 2 is 1.96 bits per heavy atom. The van der Waals surface area contributed by atoms with Gasteiger partial charge in [-0.05, 0) is 30.7 Å². The quantitative estimate of drug-likeness (QED) is 0.630. The van der Waals surface area contributed by atoms with Gasteiger partial charge in [-0.2, -0.15) is 13.2 Å². The summed E-state index contributed by atoms with van der Waals surface area (Å²) >= 11 is 6.56. The van der Waals surface area contributed by atoms with Crippen LogP contribution in [0.5, 0.6) is 5.75 Å². The Labute approximate surface area is 165 Å². The Morgan fingerprint density at radius 1 is 1.29 bits per heavy atom. The molecule has 0 unspecified atom stereocenters. The first-order chi connectivity index (χ1) is 13.0. The van der Waals surface area contributed by atoms with Gasteiger partial charge < -0.3 is 9.84 Å². The zero-order valence-corrected chi connectivity index (χ0v) is 16.1. The summed E-state index contributed by atoms with van der Waals surface area (Å²) in [6.45, 7) is 1.54. The van der Waals surface area contributed by atoms with Crippen LogP contribution < -0.4 is 4.74 Å². The summed E-state index contributed by atoms with van der Waals surface area (Å²) in [6.07, 6.45) is -4.92. The number of aliphatic carboxylic acids is 1. The van der Waals surface area contributed by atoms with E-state index in [1.807, 2.05) is 0 Å². The maximum Gasteiger partial charge on any atom is 0.425 e. The largest absolute Gasteiger partial charge is 0.495 e. The minimum atomic E-state index is -4.55. The predicted octanol–water partition coefficient (Wildman–Crippen LogP) is 5.01. The number of carbonyl (C=O) groups is 2. The van der Waals surface area contributed by atoms with Crippen LogP contribution in [0.15, 0.2) is 23.6 Å². The molecule has 0 radical (unpaired) electrons. The third-order valence-electron chi connectivity index (χ3n) is 4.27. The molecule has 10 heteroatoms. The average Bonchev–Trinajstić information content (AvgIpc) is 3.18. The summed E-state index contributed by atoms with van der Waals surface area (Å²) in [5.41, 5.74) is 0.819. The van der Waals surface area contributed by atoms with Crippen molar-refractivity contribution in [3.63, 3.8) is 0 Å². The van der Waals surface area contributed by atoms with Crippen LogP contribution in [0, 0.1) is 6.92 Å². The van der Waals surface area contributed by atoms with Gasteiger partial charge in [0.05, 0.1) is 29.6 Å². The van der Waals surface area contributed by atoms with Crippen LogP contribution in [0.2, 0.25) is 5.02 Å². The van der Waals surface area contributed by atoms with Crippen molar-refractivity contribution < 1.29 is 32.6 Å². The summed E-state index contributed by atoms with van der Waals surface area (Å²) in [4.78, 5) is 23.3. The van der Waals surface area contributed by atoms with Crippen LogP contribution >= 0.6 is 22.9 Å². The molecule has 0 saturated carbocycles. The smallest absolute Gasteiger partial charge is 0.425 e. The molecule has 1 aromatic carbocycles. The molecule has 0 fully saturated rings. The highest BCUT2D eigenvalue weighted by atomic mass is 35.5. The molecule has 5 nitrogen and oxygen atoms in total. The molecule has 0 aliphatic rings. The summed E-state index contributed by atoms with van der Waals surface area (Å²) in [5.74, 6) is -1.52. The Hall–Kier alpha value is -2.52. The Balaban J connectivity index is 2.23. The second-order valence-electron chi connectivity index (χ2n) is 5.98. The number of nitrogens with zero attached hydrogens (tertiary/aromatic N) is 1. The molecule has 0 amide bonds. The molecule has 0 bridgehead atoms. The lowest BCUT2D eigenvalue weighted by atomic mass is 10.1. The van der Waals surface area contributed by atoms with Gasteiger partial charge in [-0.3, -0.25) is 14.2 Å². The van der Waals surface area contributed by atoms with E-state index < -0.39 is 22.9 Å². The second-order valence-corrected chi connectivity index (χ2v) is 7.29. The lowest BCUT2D eigenvalue weighted by Crippen LogP contribution is -2.13. The van der Waals surface area contributed by atoms with E-state index >= 15 is 0 Å². The lowest BCUT2D eigenvalue weighted by Gasteiger charge is -2.07. The molecular weight excluding hydrogens is 419 g/mol. The SMILES string of the molecule is COc1cc2c(CC(=O)O)c(C)n(C(=O)c3csc(C(F)(F)F)c3)c2cc1Cl. The highest BCUT2D eigenvalue weighted by molar-refractivity contribution is 7.10. The third-order valence-corrected chi connectivity index (χ3v) is 5.54. The molecule has 0 saturated heterocycles. The maximum absolute atomic E-state index is 13.0. The number of rotatable bonds is 4. The van der Waals surface area contributed by atoms with Gasteiger partial charge in [0.2, 0.25) is 0 Å². The molecule has 3 aromatic rings. The van der Waals surface area contributed by atoms with E-state index in [0.717, 1.165) is 11.4 Å². The van der Waals surface area contributed by atoms with Crippen molar-refractivity contribution in [2.24, 2.45) is 0 Å². The lowest BCUT2D eigenvalue weighted by molar-refractivity contribution is -0.136. The molecule has 28 heavy (non-hydrogen) atoms. The van der Waals surface area contributed by atoms with E-state index in [0.29, 0.717) is 39.2 Å². The molecule has 2 aromatic heterocycles. The molecule has 0 atom stereocenters. The number of carboxylic acid groups (broad SMARTS) is 1. The van der Waals surface area contributed by atoms with E-state index in [-0.39, 0.29) is 17.0 Å². The molecular formula is C18H13ClF3NO4S. The van der Waals surface area contributed by atoms with E-state index in [2.05, 4.69) is 0 Å². The number of carboxylic acids is 1. The summed E-state index contributed by atoms with van der Waals surface area (Å²) in [5, 5.41) is 11.0. The first-order valence-corrected chi connectivity index (χ1v) is 9.10. The molecule has 2 heterocycles. The predicted molar refractivity (Wildman–Crippen MR) is 98.6 cm³/mol. The number of ether oxygens (including phenoxy) is 1. The number of alkyl halides is 3. The summed E-state index contributed by atoms with van der Waals surface area (Å²) < 4.78 is 45.0. The van der Waals surface area contributed by atoms with Crippen molar-refractivity contribution in [2.45, 2.75) is 19.5 Å². The number of fused-ring (bicyclic) bond motifs is 1. The fourth-order valence-corrected chi connectivity index (χ4v) is 3.99. The van der Waals surface area contributed by atoms with Crippen molar-refractivity contribution in [1.82, 2.24) is 4.57 Å². The van der Waals surface area contributed by atoms with Crippen molar-refractivity contribution in [3.8, 4) is 5.75 Å². The van der Waals surface area contributed by atoms with Gasteiger partial charge >= 0.3 is 12.1 Å². The first-order valence-electron chi connectivity index (χ1n) is 7.84. The van der Waals surface area contributed by atoms with Gasteiger partial charge in [0.15, 0.2) is 0 Å². The number of benzene rings is 1. The third kappa shape index (κ3) is 3.47. The van der Waals surface area contributed by atoms with Gasteiger partial charge in [-0.15, -0.1) is 11.3 Å². The minimum absolute atomic E-state index is 0.147. The van der Waals surface area contributed by atoms with Gasteiger partial charge in [0.1, 0.15) is 10.6 Å². The van der Waals surface area contributed by atoms with Crippen LogP contribution in [0.3, 0.4) is 0 Å². The van der Waals surface area contributed by atoms with Crippen LogP contribution in [0.1, 0.15) is 26.5 Å². The van der Waals surface area contributed by atoms with E-state index in [4.69, 9.17) is 16.3 Å². The fraction of sp³-hybridized carbons (Fsp3) is 0.222. The number of halogens is 4. The molecule has 0 aliphatic heterocycles. The number of methoxy groups -OCH3 is 1. The Kier molecular flexibility index (Phi) is 5.16. The number of carbonyl (C=O) groups excluding carboxylic acids is 1. The molecule has 3 rings (SSSR count). The van der Waals surface area contributed by atoms with E-state index in [1.54, 1.807) is 0 Å². The number of hydrogen-bond donors (Lipinski definition) is 1. The van der Waals surface area contributed by atoms with E-state index in [1.165, 1.54) is 30.7 Å². The van der Waals surface area contributed by atoms with Crippen LogP contribution in [-0.4, -0.2) is 28.7 Å². The summed E-state index contributed by atoms with van der Waals surface area (Å²) in [7, 11) is 1.39. The monoisotopic (exact) mass is 431 g/mol. The highest BCUT2D eigenvalue weighted by Crippen LogP contribution is 2.37. The van der Waals surface area contributed by atoms with Crippen LogP contribution in [0.25, 0.3) is 10.9 Å². The van der Waals surface area contributed by atoms with Gasteiger partial charge in [-0.25, -0.2) is 0 Å². The zero-order valence-electron chi connectivity index (χ0n) is 14.6. The molecule has 0 spiro atoms. The van der Waals surface area contributed by atoms with Crippen LogP contribution in [0.4, 0.5) is 13.2 Å². The van der Waals surface area contributed by atoms with Crippen molar-refractivity contribution in [2.75, 3.05) is 7.11 Å². The van der Waals surface area contributed by atoms with E-state index in [9.17, 15) is 27.9 Å². The maximum atomic E-state index is 13.0. The summed E-state index contributed by atoms with van der Waals surface area (Å²) in [6, 6.07) is 3.73. The first kappa shape index (κ1) is 20.2. The highest BCUT2D eigenvalue weighted by Gasteiger charge is 2.33. The second kappa shape index (κ2) is 7.14. The van der Waals surface area contributed by atoms with Crippen LogP contribution in [-0.2, 0) is 17.4 Å². The zero-order chi connectivity index (χ0) is 20.8. The normalized spacial score (nSPS) is 11.8. The Bertz CT molecular complexity index is 1100. The standard InChI is InChI=1S/C18H13ClF3NO4S/c1-8-10(5-16(24)25)11-4-14(27-2)12(19)6-13(11)23(8)17(26)9-3-15(28-7-9)18(20,21)22/h3-4,6-7H,5H2,1-2H3,(H,24,25). The topological polar surface area (TPSA) is 68.5 Å². The van der Waals surface area contributed by atoms with Crippen molar-refractivity contribution >= 4 is 45.7 Å². The molecule has 148 valence electrons. The Morgan fingerprint density at radius 3 is 2.50 bits per heavy atom. The number of hydrogen-bond acceptors (Lipinski definition) is 4. The number of aromatic nitrogens is 1.